The first-order chi connectivity index (χ1) is 24.5. The van der Waals surface area contributed by atoms with Gasteiger partial charge in [0.25, 0.3) is 0 Å². The van der Waals surface area contributed by atoms with Crippen molar-refractivity contribution in [3.63, 3.8) is 0 Å². The van der Waals surface area contributed by atoms with Gasteiger partial charge in [-0.3, -0.25) is 9.59 Å². The van der Waals surface area contributed by atoms with Crippen LogP contribution in [0.2, 0.25) is 0 Å². The van der Waals surface area contributed by atoms with Crippen molar-refractivity contribution in [1.82, 2.24) is 30.1 Å². The number of likely N-dealkylation sites (tertiary alicyclic amines) is 1. The molecule has 1 unspecified atom stereocenters. The lowest BCUT2D eigenvalue weighted by atomic mass is 9.57. The van der Waals surface area contributed by atoms with Crippen molar-refractivity contribution in [2.75, 3.05) is 24.5 Å². The van der Waals surface area contributed by atoms with Crippen molar-refractivity contribution in [3.8, 4) is 17.0 Å². The summed E-state index contributed by atoms with van der Waals surface area (Å²) in [6, 6.07) is 13.2. The molecular weight excluding hydrogens is 646 g/mol. The highest BCUT2D eigenvalue weighted by atomic mass is 16.5. The maximum absolute atomic E-state index is 14.0. The molecule has 4 aromatic rings. The summed E-state index contributed by atoms with van der Waals surface area (Å²) < 4.78 is 8.36. The van der Waals surface area contributed by atoms with Gasteiger partial charge in [0.2, 0.25) is 11.8 Å². The Bertz CT molecular complexity index is 1930. The summed E-state index contributed by atoms with van der Waals surface area (Å²) >= 11 is 0. The van der Waals surface area contributed by atoms with E-state index in [2.05, 4.69) is 42.3 Å². The number of phenolic OH excluding ortho intramolecular Hbond substituents is 1. The third kappa shape index (κ3) is 5.94. The minimum absolute atomic E-state index is 0.0118. The Morgan fingerprint density at radius 3 is 2.53 bits per heavy atom. The zero-order valence-electron chi connectivity index (χ0n) is 30.0. The third-order valence-corrected chi connectivity index (χ3v) is 12.0. The molecule has 1 spiro atoms. The Kier molecular flexibility index (Phi) is 8.55. The summed E-state index contributed by atoms with van der Waals surface area (Å²) in [4.78, 5) is 30.8. The van der Waals surface area contributed by atoms with Gasteiger partial charge in [0.05, 0.1) is 17.3 Å². The molecule has 2 aliphatic heterocycles. The number of carbonyl (C=O) groups excluding carboxylic acids is 2. The standard InChI is InChI=1S/C39H49N7O5/c1-5-23(4)40-37(49)32-13-26(47)19-45(32)38(50)36(22(2)3)34-16-35(43-51-34)44-20-39(21-44)17-24(18-39)30-15-29-31(46(30)25-9-8-10-25)14-28(41-42-29)27-11-6-7-12-33(27)48/h6-7,11-12,14-16,22-26,32,36,47-48H,5,8-10,13,17-21H2,1-4H3,(H,40,49)/t23-,26+,32-,36?/m0/s1. The van der Waals surface area contributed by atoms with Crippen LogP contribution in [-0.2, 0) is 9.59 Å². The lowest BCUT2D eigenvalue weighted by Gasteiger charge is -2.59. The van der Waals surface area contributed by atoms with E-state index in [0.717, 1.165) is 62.0 Å². The number of fused-ring (bicyclic) bond motifs is 1. The van der Waals surface area contributed by atoms with E-state index in [9.17, 15) is 19.8 Å². The Balaban J connectivity index is 0.951. The van der Waals surface area contributed by atoms with E-state index in [1.165, 1.54) is 17.0 Å². The molecule has 4 atom stereocenters. The summed E-state index contributed by atoms with van der Waals surface area (Å²) in [5, 5.41) is 37.4. The first kappa shape index (κ1) is 33.7. The molecule has 4 fully saturated rings. The number of aliphatic hydroxyl groups is 1. The average molecular weight is 696 g/mol. The predicted octanol–water partition coefficient (Wildman–Crippen LogP) is 5.52. The number of nitrogens with zero attached hydrogens (tertiary/aromatic N) is 6. The number of nitrogens with one attached hydrogen (secondary N) is 1. The number of para-hydroxylation sites is 1. The van der Waals surface area contributed by atoms with E-state index in [4.69, 9.17) is 4.52 Å². The molecule has 0 bridgehead atoms. The largest absolute Gasteiger partial charge is 0.507 e. The number of aromatic nitrogens is 4. The van der Waals surface area contributed by atoms with Gasteiger partial charge in [0.15, 0.2) is 11.6 Å². The van der Waals surface area contributed by atoms with Gasteiger partial charge in [0, 0.05) is 66.8 Å². The molecule has 12 heteroatoms. The molecule has 2 amide bonds. The number of anilines is 1. The fourth-order valence-electron chi connectivity index (χ4n) is 8.84. The van der Waals surface area contributed by atoms with E-state index in [0.29, 0.717) is 29.0 Å². The van der Waals surface area contributed by atoms with Crippen molar-refractivity contribution >= 4 is 28.7 Å². The molecule has 5 heterocycles. The number of aromatic hydroxyl groups is 1. The monoisotopic (exact) mass is 695 g/mol. The van der Waals surface area contributed by atoms with Crippen LogP contribution in [0.3, 0.4) is 0 Å². The molecule has 3 N–H and O–H groups in total. The van der Waals surface area contributed by atoms with Gasteiger partial charge in [-0.05, 0) is 75.6 Å². The van der Waals surface area contributed by atoms with Crippen molar-refractivity contribution in [2.24, 2.45) is 11.3 Å². The summed E-state index contributed by atoms with van der Waals surface area (Å²) in [6.45, 7) is 9.77. The predicted molar refractivity (Wildman–Crippen MR) is 192 cm³/mol. The molecular formula is C39H49N7O5. The van der Waals surface area contributed by atoms with E-state index in [1.807, 2.05) is 52.0 Å². The van der Waals surface area contributed by atoms with Gasteiger partial charge in [-0.15, -0.1) is 10.2 Å². The highest BCUT2D eigenvalue weighted by Crippen LogP contribution is 2.58. The molecule has 2 aliphatic carbocycles. The second-order valence-corrected chi connectivity index (χ2v) is 16.0. The molecule has 2 saturated carbocycles. The first-order valence-corrected chi connectivity index (χ1v) is 18.7. The van der Waals surface area contributed by atoms with Crippen LogP contribution in [0.1, 0.15) is 102 Å². The molecule has 3 aromatic heterocycles. The molecule has 4 aliphatic rings. The molecule has 0 radical (unpaired) electrons. The Hall–Kier alpha value is -4.45. The molecule has 2 saturated heterocycles. The van der Waals surface area contributed by atoms with Crippen LogP contribution >= 0.6 is 0 Å². The fraction of sp³-hybridized carbons (Fsp3) is 0.564. The first-order valence-electron chi connectivity index (χ1n) is 18.7. The van der Waals surface area contributed by atoms with Crippen LogP contribution in [0.4, 0.5) is 5.82 Å². The maximum atomic E-state index is 14.0. The van der Waals surface area contributed by atoms with Gasteiger partial charge in [-0.1, -0.05) is 38.1 Å². The van der Waals surface area contributed by atoms with Crippen LogP contribution in [0.15, 0.2) is 47.0 Å². The molecule has 1 aromatic carbocycles. The number of phenols is 1. The SMILES string of the molecule is CC[C@H](C)NC(=O)[C@@H]1C[C@@H](O)CN1C(=O)C(c1cc(N2CC3(CC(c4cc5nnc(-c6ccccc6O)cc5n4C4CCC4)C3)C2)no1)C(C)C. The van der Waals surface area contributed by atoms with Crippen molar-refractivity contribution in [2.45, 2.75) is 109 Å². The number of benzene rings is 1. The molecule has 270 valence electrons. The summed E-state index contributed by atoms with van der Waals surface area (Å²) in [6.07, 6.45) is 5.99. The number of aliphatic hydroxyl groups excluding tert-OH is 1. The van der Waals surface area contributed by atoms with E-state index in [-0.39, 0.29) is 47.9 Å². The maximum Gasteiger partial charge on any atom is 0.243 e. The van der Waals surface area contributed by atoms with E-state index >= 15 is 0 Å². The number of β-amino-alcohol motifs (C(OH)–C–C–N with tert-alkyl or cyclic N) is 1. The van der Waals surface area contributed by atoms with Crippen LogP contribution in [0.25, 0.3) is 22.3 Å². The van der Waals surface area contributed by atoms with Crippen molar-refractivity contribution in [1.29, 1.82) is 0 Å². The van der Waals surface area contributed by atoms with Gasteiger partial charge >= 0.3 is 0 Å². The van der Waals surface area contributed by atoms with E-state index < -0.39 is 18.1 Å². The summed E-state index contributed by atoms with van der Waals surface area (Å²) in [5.74, 6) is 0.735. The number of rotatable bonds is 10. The van der Waals surface area contributed by atoms with Gasteiger partial charge in [-0.25, -0.2) is 0 Å². The fourth-order valence-corrected chi connectivity index (χ4v) is 8.84. The van der Waals surface area contributed by atoms with Gasteiger partial charge in [-0.2, -0.15) is 0 Å². The number of amides is 2. The highest BCUT2D eigenvalue weighted by Gasteiger charge is 2.54. The Morgan fingerprint density at radius 1 is 1.08 bits per heavy atom. The Labute approximate surface area is 298 Å². The normalized spacial score (nSPS) is 22.9. The highest BCUT2D eigenvalue weighted by molar-refractivity contribution is 5.91. The van der Waals surface area contributed by atoms with Crippen LogP contribution in [-0.4, -0.2) is 84.7 Å². The minimum Gasteiger partial charge on any atom is -0.507 e. The Morgan fingerprint density at radius 2 is 1.84 bits per heavy atom. The topological polar surface area (TPSA) is 150 Å². The summed E-state index contributed by atoms with van der Waals surface area (Å²) in [5.41, 5.74) is 4.93. The number of hydrogen-bond donors (Lipinski definition) is 3. The van der Waals surface area contributed by atoms with Gasteiger partial charge in [0.1, 0.15) is 23.2 Å². The number of hydrogen-bond acceptors (Lipinski definition) is 9. The van der Waals surface area contributed by atoms with Crippen LogP contribution in [0.5, 0.6) is 5.75 Å². The average Bonchev–Trinajstić information content (AvgIpc) is 3.77. The van der Waals surface area contributed by atoms with Crippen molar-refractivity contribution in [3.05, 3.63) is 53.9 Å². The second-order valence-electron chi connectivity index (χ2n) is 16.0. The molecule has 51 heavy (non-hydrogen) atoms. The quantitative estimate of drug-likeness (QED) is 0.195. The van der Waals surface area contributed by atoms with Crippen LogP contribution < -0.4 is 10.2 Å². The lowest BCUT2D eigenvalue weighted by molar-refractivity contribution is -0.141. The second kappa shape index (κ2) is 13.0. The minimum atomic E-state index is -0.743. The summed E-state index contributed by atoms with van der Waals surface area (Å²) in [7, 11) is 0. The third-order valence-electron chi connectivity index (χ3n) is 12.0. The molecule has 8 rings (SSSR count). The van der Waals surface area contributed by atoms with E-state index in [1.54, 1.807) is 6.07 Å². The zero-order valence-corrected chi connectivity index (χ0v) is 30.0. The van der Waals surface area contributed by atoms with Crippen LogP contribution in [0, 0.1) is 11.3 Å². The number of carbonyl (C=O) groups is 2. The van der Waals surface area contributed by atoms with Crippen molar-refractivity contribution < 1.29 is 24.3 Å². The zero-order chi connectivity index (χ0) is 35.6. The lowest BCUT2D eigenvalue weighted by Crippen LogP contribution is -2.62. The van der Waals surface area contributed by atoms with Gasteiger partial charge < -0.3 is 34.4 Å². The molecule has 12 nitrogen and oxygen atoms in total. The smallest absolute Gasteiger partial charge is 0.243 e.